The molecule has 74 valence electrons. The van der Waals surface area contributed by atoms with E-state index in [1.165, 1.54) is 5.56 Å². The van der Waals surface area contributed by atoms with Crippen LogP contribution in [0.2, 0.25) is 0 Å². The quantitative estimate of drug-likeness (QED) is 0.791. The minimum absolute atomic E-state index is 0.146. The molecule has 0 aliphatic rings. The highest BCUT2D eigenvalue weighted by atomic mass is 16.3. The topological polar surface area (TPSA) is 52.0 Å². The van der Waals surface area contributed by atoms with Gasteiger partial charge in [0, 0.05) is 0 Å². The number of fused-ring (bicyclic) bond motifs is 1. The van der Waals surface area contributed by atoms with E-state index in [0.717, 1.165) is 17.5 Å². The Kier molecular flexibility index (Phi) is 2.25. The number of nitrogens with two attached hydrogens (primary N) is 1. The number of hydrogen-bond donors (Lipinski definition) is 1. The predicted octanol–water partition coefficient (Wildman–Crippen LogP) is 2.41. The maximum atomic E-state index is 5.69. The number of benzene rings is 1. The molecule has 3 nitrogen and oxygen atoms in total. The van der Waals surface area contributed by atoms with Gasteiger partial charge in [0.1, 0.15) is 5.52 Å². The van der Waals surface area contributed by atoms with E-state index < -0.39 is 0 Å². The third kappa shape index (κ3) is 1.51. The first-order valence-corrected chi connectivity index (χ1v) is 4.85. The Hall–Kier alpha value is -1.35. The summed E-state index contributed by atoms with van der Waals surface area (Å²) in [6.45, 7) is 3.99. The maximum Gasteiger partial charge on any atom is 0.212 e. The highest BCUT2D eigenvalue weighted by Gasteiger charge is 2.09. The average Bonchev–Trinajstić information content (AvgIpc) is 2.59. The molecule has 14 heavy (non-hydrogen) atoms. The van der Waals surface area contributed by atoms with E-state index in [2.05, 4.69) is 18.0 Å². The highest BCUT2D eigenvalue weighted by molar-refractivity contribution is 5.73. The number of hydrogen-bond acceptors (Lipinski definition) is 3. The third-order valence-corrected chi connectivity index (χ3v) is 2.27. The normalized spacial score (nSPS) is 13.4. The Morgan fingerprint density at radius 3 is 2.93 bits per heavy atom. The van der Waals surface area contributed by atoms with Gasteiger partial charge in [0.05, 0.1) is 6.04 Å². The molecule has 0 fully saturated rings. The van der Waals surface area contributed by atoms with Gasteiger partial charge in [0.25, 0.3) is 0 Å². The van der Waals surface area contributed by atoms with Gasteiger partial charge in [0.15, 0.2) is 5.58 Å². The van der Waals surface area contributed by atoms with Crippen LogP contribution < -0.4 is 5.73 Å². The van der Waals surface area contributed by atoms with Gasteiger partial charge in [0.2, 0.25) is 5.89 Å². The van der Waals surface area contributed by atoms with Crippen molar-refractivity contribution in [3.8, 4) is 0 Å². The highest BCUT2D eigenvalue weighted by Crippen LogP contribution is 2.20. The van der Waals surface area contributed by atoms with E-state index >= 15 is 0 Å². The largest absolute Gasteiger partial charge is 0.439 e. The summed E-state index contributed by atoms with van der Waals surface area (Å²) in [5.74, 6) is 0.605. The standard InChI is InChI=1S/C11H14N2O/c1-3-8-4-5-10-9(6-8)13-11(14-10)7(2)12/h4-7H,3,12H2,1-2H3. The first kappa shape index (κ1) is 9.21. The summed E-state index contributed by atoms with van der Waals surface area (Å²) in [6.07, 6.45) is 1.01. The Labute approximate surface area is 82.9 Å². The van der Waals surface area contributed by atoms with E-state index in [-0.39, 0.29) is 6.04 Å². The summed E-state index contributed by atoms with van der Waals surface area (Å²) < 4.78 is 5.49. The molecule has 0 radical (unpaired) electrons. The van der Waals surface area contributed by atoms with Crippen molar-refractivity contribution < 1.29 is 4.42 Å². The van der Waals surface area contributed by atoms with Gasteiger partial charge in [-0.05, 0) is 31.0 Å². The van der Waals surface area contributed by atoms with Gasteiger partial charge in [-0.3, -0.25) is 0 Å². The monoisotopic (exact) mass is 190 g/mol. The molecule has 2 aromatic rings. The minimum atomic E-state index is -0.146. The number of oxazole rings is 1. The number of nitrogens with zero attached hydrogens (tertiary/aromatic N) is 1. The van der Waals surface area contributed by atoms with E-state index in [1.807, 2.05) is 19.1 Å². The lowest BCUT2D eigenvalue weighted by molar-refractivity contribution is 0.493. The van der Waals surface area contributed by atoms with Gasteiger partial charge in [-0.2, -0.15) is 0 Å². The number of rotatable bonds is 2. The van der Waals surface area contributed by atoms with Crippen molar-refractivity contribution in [3.05, 3.63) is 29.7 Å². The van der Waals surface area contributed by atoms with Crippen molar-refractivity contribution in [1.29, 1.82) is 0 Å². The smallest absolute Gasteiger partial charge is 0.212 e. The van der Waals surface area contributed by atoms with Gasteiger partial charge < -0.3 is 10.2 Å². The summed E-state index contributed by atoms with van der Waals surface area (Å²) >= 11 is 0. The molecule has 3 heteroatoms. The fourth-order valence-corrected chi connectivity index (χ4v) is 1.41. The zero-order valence-corrected chi connectivity index (χ0v) is 8.45. The zero-order valence-electron chi connectivity index (χ0n) is 8.45. The molecule has 0 amide bonds. The molecule has 0 aliphatic carbocycles. The molecule has 0 saturated heterocycles. The van der Waals surface area contributed by atoms with E-state index in [4.69, 9.17) is 10.2 Å². The average molecular weight is 190 g/mol. The van der Waals surface area contributed by atoms with Crippen LogP contribution in [0, 0.1) is 0 Å². The lowest BCUT2D eigenvalue weighted by Gasteiger charge is -1.94. The number of aromatic nitrogens is 1. The lowest BCUT2D eigenvalue weighted by atomic mass is 10.1. The molecule has 2 N–H and O–H groups in total. The van der Waals surface area contributed by atoms with Crippen LogP contribution in [0.4, 0.5) is 0 Å². The Balaban J connectivity index is 2.54. The summed E-state index contributed by atoms with van der Waals surface area (Å²) in [4.78, 5) is 4.33. The fourth-order valence-electron chi connectivity index (χ4n) is 1.41. The van der Waals surface area contributed by atoms with Crippen LogP contribution in [0.5, 0.6) is 0 Å². The Bertz CT molecular complexity index is 445. The van der Waals surface area contributed by atoms with Crippen LogP contribution in [-0.2, 0) is 6.42 Å². The molecular weight excluding hydrogens is 176 g/mol. The summed E-state index contributed by atoms with van der Waals surface area (Å²) in [6, 6.07) is 5.91. The molecule has 1 unspecified atom stereocenters. The molecule has 0 aliphatic heterocycles. The second kappa shape index (κ2) is 3.42. The molecule has 2 rings (SSSR count). The molecule has 0 bridgehead atoms. The van der Waals surface area contributed by atoms with Gasteiger partial charge in [-0.1, -0.05) is 13.0 Å². The van der Waals surface area contributed by atoms with Gasteiger partial charge >= 0.3 is 0 Å². The van der Waals surface area contributed by atoms with Crippen LogP contribution in [0.1, 0.15) is 31.3 Å². The van der Waals surface area contributed by atoms with E-state index in [1.54, 1.807) is 0 Å². The van der Waals surface area contributed by atoms with Gasteiger partial charge in [-0.15, -0.1) is 0 Å². The summed E-state index contributed by atoms with van der Waals surface area (Å²) in [5.41, 5.74) is 8.67. The van der Waals surface area contributed by atoms with Crippen molar-refractivity contribution in [1.82, 2.24) is 4.98 Å². The van der Waals surface area contributed by atoms with E-state index in [0.29, 0.717) is 5.89 Å². The maximum absolute atomic E-state index is 5.69. The number of aryl methyl sites for hydroxylation is 1. The molecule has 0 saturated carbocycles. The second-order valence-electron chi connectivity index (χ2n) is 3.50. The van der Waals surface area contributed by atoms with Crippen molar-refractivity contribution in [3.63, 3.8) is 0 Å². The fraction of sp³-hybridized carbons (Fsp3) is 0.364. The SMILES string of the molecule is CCc1ccc2oc(C(C)N)nc2c1. The van der Waals surface area contributed by atoms with Crippen molar-refractivity contribution in [2.45, 2.75) is 26.3 Å². The molecule has 1 atom stereocenters. The van der Waals surface area contributed by atoms with Crippen molar-refractivity contribution in [2.75, 3.05) is 0 Å². The van der Waals surface area contributed by atoms with Crippen LogP contribution >= 0.6 is 0 Å². The van der Waals surface area contributed by atoms with Crippen molar-refractivity contribution >= 4 is 11.1 Å². The van der Waals surface area contributed by atoms with Crippen LogP contribution in [-0.4, -0.2) is 4.98 Å². The van der Waals surface area contributed by atoms with Gasteiger partial charge in [-0.25, -0.2) is 4.98 Å². The summed E-state index contributed by atoms with van der Waals surface area (Å²) in [5, 5.41) is 0. The Morgan fingerprint density at radius 1 is 1.50 bits per heavy atom. The first-order chi connectivity index (χ1) is 6.70. The molecular formula is C11H14N2O. The summed E-state index contributed by atoms with van der Waals surface area (Å²) in [7, 11) is 0. The third-order valence-electron chi connectivity index (χ3n) is 2.27. The van der Waals surface area contributed by atoms with Crippen LogP contribution in [0.15, 0.2) is 22.6 Å². The Morgan fingerprint density at radius 2 is 2.29 bits per heavy atom. The zero-order chi connectivity index (χ0) is 10.1. The first-order valence-electron chi connectivity index (χ1n) is 4.85. The van der Waals surface area contributed by atoms with E-state index in [9.17, 15) is 0 Å². The molecule has 0 spiro atoms. The molecule has 1 heterocycles. The van der Waals surface area contributed by atoms with Crippen molar-refractivity contribution in [2.24, 2.45) is 5.73 Å². The molecule has 1 aromatic heterocycles. The lowest BCUT2D eigenvalue weighted by Crippen LogP contribution is -2.04. The van der Waals surface area contributed by atoms with Crippen LogP contribution in [0.25, 0.3) is 11.1 Å². The van der Waals surface area contributed by atoms with Crippen LogP contribution in [0.3, 0.4) is 0 Å². The minimum Gasteiger partial charge on any atom is -0.439 e. The second-order valence-corrected chi connectivity index (χ2v) is 3.50. The molecule has 1 aromatic carbocycles. The predicted molar refractivity (Wildman–Crippen MR) is 56.0 cm³/mol.